The largest absolute Gasteiger partial charge is 0.395 e. The van der Waals surface area contributed by atoms with Gasteiger partial charge in [0.1, 0.15) is 5.70 Å². The summed E-state index contributed by atoms with van der Waals surface area (Å²) in [5.74, 6) is -0.616. The summed E-state index contributed by atoms with van der Waals surface area (Å²) in [5, 5.41) is 11.6. The molecule has 6 nitrogen and oxygen atoms in total. The molecule has 0 aliphatic carbocycles. The van der Waals surface area contributed by atoms with Crippen LogP contribution in [0.1, 0.15) is 10.4 Å². The zero-order valence-electron chi connectivity index (χ0n) is 16.1. The van der Waals surface area contributed by atoms with Gasteiger partial charge in [0.2, 0.25) is 0 Å². The van der Waals surface area contributed by atoms with E-state index in [0.29, 0.717) is 47.2 Å². The Morgan fingerprint density at radius 1 is 1.07 bits per heavy atom. The molecule has 0 unspecified atom stereocenters. The number of hydrogen-bond acceptors (Lipinski definition) is 6. The molecule has 2 aliphatic heterocycles. The lowest BCUT2D eigenvalue weighted by Gasteiger charge is -2.36. The van der Waals surface area contributed by atoms with E-state index >= 15 is 0 Å². The number of β-amino-alcohol motifs (C(OH)–C–C–N with tert-alkyl or cyclic N) is 1. The van der Waals surface area contributed by atoms with Crippen molar-refractivity contribution >= 4 is 46.0 Å². The van der Waals surface area contributed by atoms with Crippen LogP contribution in [0.25, 0.3) is 5.57 Å². The quantitative estimate of drug-likeness (QED) is 0.737. The van der Waals surface area contributed by atoms with Crippen LogP contribution in [0.3, 0.4) is 0 Å². The third-order valence-electron chi connectivity index (χ3n) is 5.41. The van der Waals surface area contributed by atoms with Crippen LogP contribution < -0.4 is 4.90 Å². The van der Waals surface area contributed by atoms with Crippen LogP contribution in [-0.4, -0.2) is 66.1 Å². The van der Waals surface area contributed by atoms with Gasteiger partial charge in [-0.1, -0.05) is 23.7 Å². The van der Waals surface area contributed by atoms with E-state index in [0.717, 1.165) is 18.0 Å². The first-order valence-electron chi connectivity index (χ1n) is 9.53. The monoisotopic (exact) mass is 431 g/mol. The number of halogens is 1. The van der Waals surface area contributed by atoms with Gasteiger partial charge in [-0.05, 0) is 36.1 Å². The molecule has 1 saturated heterocycles. The van der Waals surface area contributed by atoms with Gasteiger partial charge in [-0.15, -0.1) is 11.3 Å². The van der Waals surface area contributed by atoms with Gasteiger partial charge in [-0.2, -0.15) is 0 Å². The molecule has 0 spiro atoms. The van der Waals surface area contributed by atoms with Crippen molar-refractivity contribution in [2.24, 2.45) is 0 Å². The van der Waals surface area contributed by atoms with Crippen LogP contribution in [0, 0.1) is 6.92 Å². The van der Waals surface area contributed by atoms with E-state index in [2.05, 4.69) is 4.90 Å². The maximum absolute atomic E-state index is 13.5. The molecule has 4 rings (SSSR count). The van der Waals surface area contributed by atoms with Crippen molar-refractivity contribution in [3.8, 4) is 0 Å². The minimum atomic E-state index is -0.310. The van der Waals surface area contributed by atoms with Crippen LogP contribution in [-0.2, 0) is 9.59 Å². The predicted molar refractivity (Wildman–Crippen MR) is 115 cm³/mol. The number of nitrogens with zero attached hydrogens (tertiary/aromatic N) is 3. The van der Waals surface area contributed by atoms with E-state index in [-0.39, 0.29) is 18.4 Å². The first-order valence-corrected chi connectivity index (χ1v) is 10.8. The molecular formula is C21H22ClN3O3S. The molecule has 0 bridgehead atoms. The molecule has 1 N–H and O–H groups in total. The molecule has 2 aliphatic rings. The van der Waals surface area contributed by atoms with Gasteiger partial charge in [0.25, 0.3) is 11.8 Å². The number of aliphatic hydroxyl groups is 1. The Morgan fingerprint density at radius 2 is 1.83 bits per heavy atom. The molecule has 2 amide bonds. The van der Waals surface area contributed by atoms with Crippen LogP contribution in [0.5, 0.6) is 0 Å². The number of aliphatic hydroxyl groups excluding tert-OH is 1. The number of piperazine rings is 1. The maximum atomic E-state index is 13.5. The summed E-state index contributed by atoms with van der Waals surface area (Å²) < 4.78 is 0. The van der Waals surface area contributed by atoms with E-state index in [9.17, 15) is 9.59 Å². The number of benzene rings is 1. The maximum Gasteiger partial charge on any atom is 0.282 e. The number of hydrogen-bond donors (Lipinski definition) is 1. The first kappa shape index (κ1) is 20.1. The Morgan fingerprint density at radius 3 is 2.48 bits per heavy atom. The van der Waals surface area contributed by atoms with E-state index in [1.165, 1.54) is 16.2 Å². The summed E-state index contributed by atoms with van der Waals surface area (Å²) in [6.07, 6.45) is 0. The van der Waals surface area contributed by atoms with Crippen molar-refractivity contribution in [1.82, 2.24) is 9.80 Å². The average Bonchev–Trinajstić information content (AvgIpc) is 3.32. The lowest BCUT2D eigenvalue weighted by Crippen LogP contribution is -2.48. The summed E-state index contributed by atoms with van der Waals surface area (Å²) in [6.45, 7) is 5.28. The molecule has 29 heavy (non-hydrogen) atoms. The highest BCUT2D eigenvalue weighted by Gasteiger charge is 2.43. The summed E-state index contributed by atoms with van der Waals surface area (Å²) >= 11 is 7.71. The second-order valence-electron chi connectivity index (χ2n) is 7.08. The minimum Gasteiger partial charge on any atom is -0.395 e. The fourth-order valence-corrected chi connectivity index (χ4v) is 4.78. The molecule has 1 aromatic carbocycles. The van der Waals surface area contributed by atoms with Crippen molar-refractivity contribution < 1.29 is 14.7 Å². The van der Waals surface area contributed by atoms with E-state index < -0.39 is 0 Å². The highest BCUT2D eigenvalue weighted by atomic mass is 35.5. The van der Waals surface area contributed by atoms with E-state index in [1.807, 2.05) is 29.3 Å². The van der Waals surface area contributed by atoms with Gasteiger partial charge < -0.3 is 10.0 Å². The number of rotatable bonds is 5. The van der Waals surface area contributed by atoms with Gasteiger partial charge >= 0.3 is 0 Å². The Kier molecular flexibility index (Phi) is 5.74. The number of carbonyl (C=O) groups is 2. The zero-order valence-corrected chi connectivity index (χ0v) is 17.7. The van der Waals surface area contributed by atoms with Gasteiger partial charge in [0, 0.05) is 42.6 Å². The molecule has 1 aromatic heterocycles. The summed E-state index contributed by atoms with van der Waals surface area (Å²) in [7, 11) is 0. The molecule has 1 fully saturated rings. The fourth-order valence-electron chi connectivity index (χ4n) is 3.85. The smallest absolute Gasteiger partial charge is 0.282 e. The highest BCUT2D eigenvalue weighted by molar-refractivity contribution is 7.11. The van der Waals surface area contributed by atoms with Crippen LogP contribution in [0.15, 0.2) is 41.4 Å². The van der Waals surface area contributed by atoms with Crippen molar-refractivity contribution in [2.75, 3.05) is 44.2 Å². The lowest BCUT2D eigenvalue weighted by molar-refractivity contribution is -0.120. The van der Waals surface area contributed by atoms with Crippen LogP contribution in [0.4, 0.5) is 5.69 Å². The first-order chi connectivity index (χ1) is 14.0. The molecule has 152 valence electrons. The second-order valence-corrected chi connectivity index (χ2v) is 8.44. The van der Waals surface area contributed by atoms with Crippen molar-refractivity contribution in [1.29, 1.82) is 0 Å². The second kappa shape index (κ2) is 8.28. The van der Waals surface area contributed by atoms with Crippen LogP contribution in [0.2, 0.25) is 5.02 Å². The van der Waals surface area contributed by atoms with Crippen molar-refractivity contribution in [3.63, 3.8) is 0 Å². The van der Waals surface area contributed by atoms with E-state index in [4.69, 9.17) is 16.7 Å². The third-order valence-corrected chi connectivity index (χ3v) is 6.71. The zero-order chi connectivity index (χ0) is 20.5. The Hall–Kier alpha value is -2.19. The van der Waals surface area contributed by atoms with Crippen molar-refractivity contribution in [2.45, 2.75) is 6.92 Å². The van der Waals surface area contributed by atoms with Gasteiger partial charge in [0.05, 0.1) is 17.9 Å². The molecule has 0 radical (unpaired) electrons. The molecule has 2 aromatic rings. The molecule has 0 saturated carbocycles. The number of amides is 2. The predicted octanol–water partition coefficient (Wildman–Crippen LogP) is 2.60. The molecule has 0 atom stereocenters. The number of thiophene rings is 1. The number of anilines is 1. The van der Waals surface area contributed by atoms with Gasteiger partial charge in [0.15, 0.2) is 0 Å². The SMILES string of the molecule is Cc1c(Cl)cccc1N1C(=O)C(c2cccs2)=C(N2CCN(CCO)CC2)C1=O. The fraction of sp³-hybridized carbons (Fsp3) is 0.333. The standard InChI is InChI=1S/C21H22ClN3O3S/c1-14-15(22)4-2-5-16(14)25-20(27)18(17-6-3-13-29-17)19(21(25)28)24-9-7-23(8-10-24)11-12-26/h2-6,13,26H,7-12H2,1H3. The lowest BCUT2D eigenvalue weighted by atomic mass is 10.1. The summed E-state index contributed by atoms with van der Waals surface area (Å²) in [4.78, 5) is 33.1. The molecule has 3 heterocycles. The van der Waals surface area contributed by atoms with Gasteiger partial charge in [-0.25, -0.2) is 4.90 Å². The van der Waals surface area contributed by atoms with Gasteiger partial charge in [-0.3, -0.25) is 14.5 Å². The Balaban J connectivity index is 1.73. The number of imide groups is 1. The number of carbonyl (C=O) groups excluding carboxylic acids is 2. The van der Waals surface area contributed by atoms with Crippen LogP contribution >= 0.6 is 22.9 Å². The summed E-state index contributed by atoms with van der Waals surface area (Å²) in [5.41, 5.74) is 2.14. The Bertz CT molecular complexity index is 966. The van der Waals surface area contributed by atoms with E-state index in [1.54, 1.807) is 18.2 Å². The molecular weight excluding hydrogens is 410 g/mol. The third kappa shape index (κ3) is 3.59. The van der Waals surface area contributed by atoms with Crippen molar-refractivity contribution in [3.05, 3.63) is 56.9 Å². The summed E-state index contributed by atoms with van der Waals surface area (Å²) in [6, 6.07) is 9.02. The average molecular weight is 432 g/mol. The Labute approximate surface area is 178 Å². The minimum absolute atomic E-state index is 0.113. The molecule has 8 heteroatoms. The normalized spacial score (nSPS) is 18.3. The topological polar surface area (TPSA) is 64.1 Å². The highest BCUT2D eigenvalue weighted by Crippen LogP contribution is 2.38.